The van der Waals surface area contributed by atoms with Crippen molar-refractivity contribution in [3.8, 4) is 0 Å². The van der Waals surface area contributed by atoms with Gasteiger partial charge in [0.25, 0.3) is 0 Å². The van der Waals surface area contributed by atoms with Crippen LogP contribution in [0.2, 0.25) is 5.02 Å². The highest BCUT2D eigenvalue weighted by molar-refractivity contribution is 7.84. The molecule has 0 radical (unpaired) electrons. The largest absolute Gasteiger partial charge is 0.393 e. The van der Waals surface area contributed by atoms with Crippen LogP contribution in [0.5, 0.6) is 0 Å². The molecule has 0 saturated heterocycles. The molecule has 1 aliphatic carbocycles. The van der Waals surface area contributed by atoms with Crippen LogP contribution in [0.1, 0.15) is 45.3 Å². The van der Waals surface area contributed by atoms with Crippen molar-refractivity contribution in [1.29, 1.82) is 0 Å². The zero-order valence-corrected chi connectivity index (χ0v) is 20.6. The van der Waals surface area contributed by atoms with Crippen molar-refractivity contribution in [2.45, 2.75) is 31.1 Å². The summed E-state index contributed by atoms with van der Waals surface area (Å²) >= 11 is 7.21. The Hall–Kier alpha value is -2.45. The third kappa shape index (κ3) is 6.41. The molecule has 1 saturated carbocycles. The third-order valence-electron chi connectivity index (χ3n) is 5.73. The quantitative estimate of drug-likeness (QED) is 0.299. The number of aliphatic hydroxyl groups is 2. The summed E-state index contributed by atoms with van der Waals surface area (Å²) in [5, 5.41) is 31.2. The fourth-order valence-corrected chi connectivity index (χ4v) is 5.45. The highest BCUT2D eigenvalue weighted by Crippen LogP contribution is 2.32. The summed E-state index contributed by atoms with van der Waals surface area (Å²) < 4.78 is 26.7. The number of hydrogen-bond acceptors (Lipinski definition) is 10. The molecule has 0 amide bonds. The Kier molecular flexibility index (Phi) is 7.81. The Labute approximate surface area is 211 Å². The number of rotatable bonds is 9. The van der Waals surface area contributed by atoms with E-state index in [1.165, 1.54) is 23.9 Å². The first-order chi connectivity index (χ1) is 16.6. The standard InChI is InChI=1S/C22H23ClN4O6S2/c23-15-3-1-2-12(4-15)20(29)14-6-19(34-10-14)21(30)17-8-25-11-26-22(17)27-16-5-13(18(28)7-16)9-33-35(24,31)32/h1-4,6,8,10-11,13,16,18,20,28-29H,5,7,9H2,(H2,24,31,32)(H,25,26,27)/t13-,16-,18+,20?/m1/s1. The highest BCUT2D eigenvalue weighted by Gasteiger charge is 2.35. The number of thiophene rings is 1. The number of nitrogens with two attached hydrogens (primary N) is 1. The molecular weight excluding hydrogens is 516 g/mol. The number of carbonyl (C=O) groups excluding carboxylic acids is 1. The molecule has 1 aromatic carbocycles. The van der Waals surface area contributed by atoms with Crippen molar-refractivity contribution in [2.75, 3.05) is 11.9 Å². The molecule has 2 aromatic heterocycles. The van der Waals surface area contributed by atoms with Crippen molar-refractivity contribution in [3.05, 3.63) is 74.8 Å². The first-order valence-corrected chi connectivity index (χ1v) is 13.3. The van der Waals surface area contributed by atoms with E-state index in [2.05, 4.69) is 19.5 Å². The van der Waals surface area contributed by atoms with Crippen LogP contribution < -0.4 is 10.5 Å². The van der Waals surface area contributed by atoms with Gasteiger partial charge in [0.05, 0.1) is 23.2 Å². The number of aromatic nitrogens is 2. The van der Waals surface area contributed by atoms with Gasteiger partial charge in [-0.05, 0) is 47.5 Å². The molecule has 0 spiro atoms. The second-order valence-electron chi connectivity index (χ2n) is 8.23. The average molecular weight is 539 g/mol. The van der Waals surface area contributed by atoms with Crippen molar-refractivity contribution < 1.29 is 27.6 Å². The van der Waals surface area contributed by atoms with Crippen LogP contribution in [0.15, 0.2) is 48.2 Å². The Morgan fingerprint density at radius 1 is 1.31 bits per heavy atom. The fourth-order valence-electron chi connectivity index (χ4n) is 4.00. The van der Waals surface area contributed by atoms with Crippen LogP contribution >= 0.6 is 22.9 Å². The molecule has 13 heteroatoms. The molecule has 4 rings (SSSR count). The van der Waals surface area contributed by atoms with Crippen LogP contribution in [0.4, 0.5) is 5.82 Å². The van der Waals surface area contributed by atoms with Gasteiger partial charge in [0.2, 0.25) is 5.78 Å². The Morgan fingerprint density at radius 2 is 2.11 bits per heavy atom. The van der Waals surface area contributed by atoms with E-state index >= 15 is 0 Å². The SMILES string of the molecule is NS(=O)(=O)OC[C@H]1C[C@@H](Nc2ncncc2C(=O)c2cc(C(O)c3cccc(Cl)c3)cs2)C[C@@H]1O. The number of ketones is 1. The van der Waals surface area contributed by atoms with E-state index in [0.29, 0.717) is 39.7 Å². The fraction of sp³-hybridized carbons (Fsp3) is 0.318. The van der Waals surface area contributed by atoms with Gasteiger partial charge in [-0.3, -0.25) is 8.98 Å². The van der Waals surface area contributed by atoms with E-state index < -0.39 is 28.4 Å². The van der Waals surface area contributed by atoms with Gasteiger partial charge in [-0.1, -0.05) is 23.7 Å². The first-order valence-electron chi connectivity index (χ1n) is 10.6. The van der Waals surface area contributed by atoms with Crippen LogP contribution in [-0.4, -0.2) is 53.1 Å². The summed E-state index contributed by atoms with van der Waals surface area (Å²) in [6.07, 6.45) is 1.66. The topological polar surface area (TPSA) is 165 Å². The molecule has 1 fully saturated rings. The minimum Gasteiger partial charge on any atom is -0.393 e. The monoisotopic (exact) mass is 538 g/mol. The molecule has 1 aliphatic rings. The Morgan fingerprint density at radius 3 is 2.86 bits per heavy atom. The summed E-state index contributed by atoms with van der Waals surface area (Å²) in [5.74, 6) is -0.476. The molecule has 35 heavy (non-hydrogen) atoms. The number of halogens is 1. The lowest BCUT2D eigenvalue weighted by molar-refractivity contribution is 0.101. The number of benzene rings is 1. The van der Waals surface area contributed by atoms with E-state index in [1.54, 1.807) is 35.7 Å². The number of anilines is 1. The third-order valence-corrected chi connectivity index (χ3v) is 7.37. The van der Waals surface area contributed by atoms with Gasteiger partial charge in [0, 0.05) is 23.2 Å². The van der Waals surface area contributed by atoms with Gasteiger partial charge in [0.15, 0.2) is 0 Å². The number of carbonyl (C=O) groups is 1. The van der Waals surface area contributed by atoms with Crippen molar-refractivity contribution in [3.63, 3.8) is 0 Å². The van der Waals surface area contributed by atoms with E-state index in [0.717, 1.165) is 0 Å². The maximum atomic E-state index is 13.2. The summed E-state index contributed by atoms with van der Waals surface area (Å²) in [6.45, 7) is -0.235. The summed E-state index contributed by atoms with van der Waals surface area (Å²) in [4.78, 5) is 21.8. The highest BCUT2D eigenvalue weighted by atomic mass is 35.5. The second-order valence-corrected chi connectivity index (χ2v) is 10.8. The van der Waals surface area contributed by atoms with Gasteiger partial charge in [-0.2, -0.15) is 8.42 Å². The van der Waals surface area contributed by atoms with E-state index in [4.69, 9.17) is 16.7 Å². The lowest BCUT2D eigenvalue weighted by Crippen LogP contribution is -2.24. The number of hydrogen-bond donors (Lipinski definition) is 4. The zero-order chi connectivity index (χ0) is 25.2. The average Bonchev–Trinajstić information content (AvgIpc) is 3.43. The molecule has 2 heterocycles. The lowest BCUT2D eigenvalue weighted by Gasteiger charge is -2.15. The maximum Gasteiger partial charge on any atom is 0.333 e. The smallest absolute Gasteiger partial charge is 0.333 e. The predicted octanol–water partition coefficient (Wildman–Crippen LogP) is 2.28. The zero-order valence-electron chi connectivity index (χ0n) is 18.2. The molecular formula is C22H23ClN4O6S2. The van der Waals surface area contributed by atoms with Gasteiger partial charge in [-0.15, -0.1) is 11.3 Å². The lowest BCUT2D eigenvalue weighted by atomic mass is 10.0. The van der Waals surface area contributed by atoms with Crippen molar-refractivity contribution in [1.82, 2.24) is 9.97 Å². The van der Waals surface area contributed by atoms with Crippen LogP contribution in [0.3, 0.4) is 0 Å². The summed E-state index contributed by atoms with van der Waals surface area (Å²) in [5.41, 5.74) is 1.40. The first kappa shape index (κ1) is 25.6. The molecule has 3 aromatic rings. The molecule has 0 aliphatic heterocycles. The van der Waals surface area contributed by atoms with Gasteiger partial charge in [-0.25, -0.2) is 15.1 Å². The number of nitrogens with zero attached hydrogens (tertiary/aromatic N) is 2. The van der Waals surface area contributed by atoms with Crippen LogP contribution in [0, 0.1) is 5.92 Å². The molecule has 0 bridgehead atoms. The number of nitrogens with one attached hydrogen (secondary N) is 1. The van der Waals surface area contributed by atoms with Crippen LogP contribution in [-0.2, 0) is 14.5 Å². The number of aliphatic hydroxyl groups excluding tert-OH is 2. The second kappa shape index (κ2) is 10.7. The predicted molar refractivity (Wildman–Crippen MR) is 130 cm³/mol. The Bertz CT molecular complexity index is 1320. The summed E-state index contributed by atoms with van der Waals surface area (Å²) in [6, 6.07) is 8.21. The van der Waals surface area contributed by atoms with E-state index in [1.807, 2.05) is 0 Å². The minimum absolute atomic E-state index is 0.233. The molecule has 4 atom stereocenters. The van der Waals surface area contributed by atoms with E-state index in [9.17, 15) is 23.4 Å². The van der Waals surface area contributed by atoms with Crippen molar-refractivity contribution in [2.24, 2.45) is 11.1 Å². The Balaban J connectivity index is 1.47. The van der Waals surface area contributed by atoms with Crippen molar-refractivity contribution >= 4 is 44.8 Å². The van der Waals surface area contributed by atoms with Gasteiger partial charge in [0.1, 0.15) is 18.2 Å². The minimum atomic E-state index is -4.10. The maximum absolute atomic E-state index is 13.2. The summed E-state index contributed by atoms with van der Waals surface area (Å²) in [7, 11) is -4.10. The van der Waals surface area contributed by atoms with Gasteiger partial charge < -0.3 is 15.5 Å². The molecule has 1 unspecified atom stereocenters. The normalized spacial score (nSPS) is 21.1. The van der Waals surface area contributed by atoms with Gasteiger partial charge >= 0.3 is 10.3 Å². The molecule has 10 nitrogen and oxygen atoms in total. The molecule has 5 N–H and O–H groups in total. The van der Waals surface area contributed by atoms with E-state index in [-0.39, 0.29) is 24.0 Å². The van der Waals surface area contributed by atoms with Crippen LogP contribution in [0.25, 0.3) is 0 Å². The molecule has 186 valence electrons.